The van der Waals surface area contributed by atoms with Crippen molar-refractivity contribution in [2.75, 3.05) is 4.90 Å². The highest BCUT2D eigenvalue weighted by molar-refractivity contribution is 5.80. The molecule has 3 N–H and O–H groups in total. The van der Waals surface area contributed by atoms with Crippen LogP contribution >= 0.6 is 0 Å². The van der Waals surface area contributed by atoms with Crippen LogP contribution in [0.25, 0.3) is 33.4 Å². The van der Waals surface area contributed by atoms with Gasteiger partial charge in [0, 0.05) is 53.5 Å². The smallest absolute Gasteiger partial charge is 0.167 e. The molecule has 4 heteroatoms. The molecule has 0 amide bonds. The number of benzene rings is 3. The fourth-order valence-corrected chi connectivity index (χ4v) is 4.59. The Balaban J connectivity index is 1.38. The van der Waals surface area contributed by atoms with E-state index in [-0.39, 0.29) is 0 Å². The highest BCUT2D eigenvalue weighted by atomic mass is 15.1. The van der Waals surface area contributed by atoms with E-state index in [1.165, 1.54) is 33.4 Å². The first-order valence-corrected chi connectivity index (χ1v) is 12.3. The van der Waals surface area contributed by atoms with Crippen LogP contribution in [0, 0.1) is 0 Å². The van der Waals surface area contributed by atoms with Crippen molar-refractivity contribution >= 4 is 17.1 Å². The first-order valence-electron chi connectivity index (χ1n) is 12.3. The first-order chi connectivity index (χ1) is 18.3. The second-order valence-electron chi connectivity index (χ2n) is 8.84. The Hall–Kier alpha value is -5.09. The number of rotatable bonds is 6. The van der Waals surface area contributed by atoms with Crippen LogP contribution in [-0.4, -0.2) is 0 Å². The molecule has 3 heterocycles. The van der Waals surface area contributed by atoms with Gasteiger partial charge in [0.1, 0.15) is 0 Å². The van der Waals surface area contributed by atoms with E-state index < -0.39 is 0 Å². The number of pyridine rings is 3. The van der Waals surface area contributed by atoms with E-state index in [1.807, 2.05) is 37.2 Å². The fraction of sp³-hybridized carbons (Fsp3) is 0. The number of nitrogens with zero attached hydrogens (tertiary/aromatic N) is 1. The predicted octanol–water partition coefficient (Wildman–Crippen LogP) is 6.60. The third-order valence-corrected chi connectivity index (χ3v) is 6.53. The number of aromatic amines is 3. The molecule has 0 aliphatic heterocycles. The van der Waals surface area contributed by atoms with Crippen LogP contribution in [0.5, 0.6) is 0 Å². The average Bonchev–Trinajstić information content (AvgIpc) is 3.00. The van der Waals surface area contributed by atoms with Crippen LogP contribution in [0.15, 0.2) is 146 Å². The highest BCUT2D eigenvalue weighted by Crippen LogP contribution is 2.37. The molecule has 6 aromatic rings. The Labute approximate surface area is 216 Å². The van der Waals surface area contributed by atoms with E-state index in [4.69, 9.17) is 0 Å². The Morgan fingerprint density at radius 1 is 0.270 bits per heavy atom. The van der Waals surface area contributed by atoms with Gasteiger partial charge in [-0.3, -0.25) is 0 Å². The van der Waals surface area contributed by atoms with Crippen molar-refractivity contribution in [3.63, 3.8) is 0 Å². The zero-order valence-corrected chi connectivity index (χ0v) is 20.3. The van der Waals surface area contributed by atoms with E-state index in [9.17, 15) is 0 Å². The van der Waals surface area contributed by atoms with E-state index >= 15 is 0 Å². The Kier molecular flexibility index (Phi) is 6.21. The van der Waals surface area contributed by atoms with Gasteiger partial charge in [-0.05, 0) is 69.8 Å². The number of hydrogen-bond acceptors (Lipinski definition) is 1. The van der Waals surface area contributed by atoms with Crippen LogP contribution in [0.2, 0.25) is 0 Å². The lowest BCUT2D eigenvalue weighted by Crippen LogP contribution is -2.10. The SMILES string of the molecule is c1cc(-c2ccc(N(c3ccc(-c4cc[nH+]cc4)cc3)c3ccc(-c4cc[nH+]cc4)cc3)cc2)cc[nH+]1. The van der Waals surface area contributed by atoms with Gasteiger partial charge in [0.25, 0.3) is 0 Å². The molecule has 37 heavy (non-hydrogen) atoms. The van der Waals surface area contributed by atoms with Crippen LogP contribution in [-0.2, 0) is 0 Å². The predicted molar refractivity (Wildman–Crippen MR) is 147 cm³/mol. The average molecular weight is 480 g/mol. The van der Waals surface area contributed by atoms with Crippen molar-refractivity contribution in [1.29, 1.82) is 0 Å². The molecule has 0 saturated heterocycles. The van der Waals surface area contributed by atoms with Crippen molar-refractivity contribution in [3.05, 3.63) is 146 Å². The van der Waals surface area contributed by atoms with E-state index in [1.54, 1.807) is 0 Å². The quantitative estimate of drug-likeness (QED) is 0.265. The summed E-state index contributed by atoms with van der Waals surface area (Å²) in [7, 11) is 0. The van der Waals surface area contributed by atoms with Gasteiger partial charge in [0.2, 0.25) is 0 Å². The van der Waals surface area contributed by atoms with Crippen molar-refractivity contribution in [2.24, 2.45) is 0 Å². The number of nitrogens with one attached hydrogen (secondary N) is 3. The highest BCUT2D eigenvalue weighted by Gasteiger charge is 2.14. The molecule has 176 valence electrons. The van der Waals surface area contributed by atoms with E-state index in [0.29, 0.717) is 0 Å². The molecule has 0 fully saturated rings. The summed E-state index contributed by atoms with van der Waals surface area (Å²) in [5.74, 6) is 0. The zero-order valence-electron chi connectivity index (χ0n) is 20.3. The van der Waals surface area contributed by atoms with Crippen LogP contribution in [0.3, 0.4) is 0 Å². The maximum Gasteiger partial charge on any atom is 0.167 e. The van der Waals surface area contributed by atoms with Gasteiger partial charge in [-0.2, -0.15) is 0 Å². The molecule has 0 aliphatic rings. The standard InChI is InChI=1S/C33H24N4/c1-7-31(8-2-25(1)28-13-19-34-20-14-28)37(32-9-3-26(4-10-32)29-15-21-35-22-16-29)33-11-5-27(6-12-33)30-17-23-36-24-18-30/h1-24H/p+3. The molecule has 3 aromatic carbocycles. The summed E-state index contributed by atoms with van der Waals surface area (Å²) < 4.78 is 0. The van der Waals surface area contributed by atoms with Crippen LogP contribution < -0.4 is 19.9 Å². The van der Waals surface area contributed by atoms with Gasteiger partial charge in [-0.15, -0.1) is 0 Å². The summed E-state index contributed by atoms with van der Waals surface area (Å²) in [5, 5.41) is 0. The van der Waals surface area contributed by atoms with Gasteiger partial charge in [0.05, 0.1) is 0 Å². The lowest BCUT2D eigenvalue weighted by Gasteiger charge is -2.26. The summed E-state index contributed by atoms with van der Waals surface area (Å²) in [4.78, 5) is 11.6. The van der Waals surface area contributed by atoms with Crippen LogP contribution in [0.1, 0.15) is 0 Å². The molecule has 0 radical (unpaired) electrons. The third-order valence-electron chi connectivity index (χ3n) is 6.53. The lowest BCUT2D eigenvalue weighted by atomic mass is 10.0. The Morgan fingerprint density at radius 2 is 0.486 bits per heavy atom. The van der Waals surface area contributed by atoms with E-state index in [2.05, 4.69) is 129 Å². The van der Waals surface area contributed by atoms with Gasteiger partial charge in [-0.1, -0.05) is 36.4 Å². The van der Waals surface area contributed by atoms with Gasteiger partial charge in [0.15, 0.2) is 37.2 Å². The molecule has 0 aliphatic carbocycles. The summed E-state index contributed by atoms with van der Waals surface area (Å²) in [6.07, 6.45) is 11.7. The molecule has 3 aromatic heterocycles. The monoisotopic (exact) mass is 479 g/mol. The summed E-state index contributed by atoms with van der Waals surface area (Å²) in [5.41, 5.74) is 10.4. The Bertz CT molecular complexity index is 1370. The molecule has 0 atom stereocenters. The summed E-state index contributed by atoms with van der Waals surface area (Å²) in [6.45, 7) is 0. The molecular weight excluding hydrogens is 452 g/mol. The maximum atomic E-state index is 3.10. The maximum absolute atomic E-state index is 3.10. The van der Waals surface area contributed by atoms with Gasteiger partial charge in [-0.25, -0.2) is 15.0 Å². The molecule has 4 nitrogen and oxygen atoms in total. The first kappa shape index (κ1) is 22.4. The van der Waals surface area contributed by atoms with Crippen LogP contribution in [0.4, 0.5) is 17.1 Å². The van der Waals surface area contributed by atoms with Crippen molar-refractivity contribution in [2.45, 2.75) is 0 Å². The minimum atomic E-state index is 1.11. The summed E-state index contributed by atoms with van der Waals surface area (Å²) in [6, 6.07) is 38.8. The Morgan fingerprint density at radius 3 is 0.730 bits per heavy atom. The second kappa shape index (κ2) is 10.3. The van der Waals surface area contributed by atoms with E-state index in [0.717, 1.165) is 17.1 Å². The molecule has 0 bridgehead atoms. The molecule has 0 spiro atoms. The largest absolute Gasteiger partial charge is 0.311 e. The number of aromatic nitrogens is 3. The van der Waals surface area contributed by atoms with Gasteiger partial charge < -0.3 is 4.90 Å². The number of anilines is 3. The normalized spacial score (nSPS) is 10.7. The van der Waals surface area contributed by atoms with Gasteiger partial charge >= 0.3 is 0 Å². The topological polar surface area (TPSA) is 45.7 Å². The summed E-state index contributed by atoms with van der Waals surface area (Å²) >= 11 is 0. The van der Waals surface area contributed by atoms with Crippen molar-refractivity contribution < 1.29 is 15.0 Å². The molecular formula is C33H27N4+3. The zero-order chi connectivity index (χ0) is 24.9. The molecule has 0 saturated carbocycles. The minimum absolute atomic E-state index is 1.11. The molecule has 0 unspecified atom stereocenters. The number of hydrogen-bond donors (Lipinski definition) is 0. The van der Waals surface area contributed by atoms with Crippen molar-refractivity contribution in [1.82, 2.24) is 0 Å². The molecule has 6 rings (SSSR count). The minimum Gasteiger partial charge on any atom is -0.311 e. The third kappa shape index (κ3) is 4.86. The fourth-order valence-electron chi connectivity index (χ4n) is 4.59. The second-order valence-corrected chi connectivity index (χ2v) is 8.84. The lowest BCUT2D eigenvalue weighted by molar-refractivity contribution is -0.378. The number of H-pyrrole nitrogens is 3. The van der Waals surface area contributed by atoms with Crippen molar-refractivity contribution in [3.8, 4) is 33.4 Å².